The Labute approximate surface area is 113 Å². The smallest absolute Gasteiger partial charge is 0.270 e. The van der Waals surface area contributed by atoms with Gasteiger partial charge in [-0.15, -0.1) is 21.5 Å². The van der Waals surface area contributed by atoms with Gasteiger partial charge in [-0.2, -0.15) is 0 Å². The Morgan fingerprint density at radius 3 is 2.83 bits per heavy atom. The number of nitrogens with two attached hydrogens (primary N) is 1. The van der Waals surface area contributed by atoms with Crippen molar-refractivity contribution in [2.24, 2.45) is 0 Å². The Morgan fingerprint density at radius 2 is 2.22 bits per heavy atom. The Balaban J connectivity index is 2.10. The lowest BCUT2D eigenvalue weighted by Crippen LogP contribution is -2.23. The van der Waals surface area contributed by atoms with E-state index in [2.05, 4.69) is 14.9 Å². The fourth-order valence-corrected chi connectivity index (χ4v) is 4.22. The van der Waals surface area contributed by atoms with Crippen molar-refractivity contribution in [3.63, 3.8) is 0 Å². The number of anilines is 1. The number of hydrogen-bond donors (Lipinski definition) is 2. The van der Waals surface area contributed by atoms with E-state index in [1.807, 2.05) is 18.4 Å². The van der Waals surface area contributed by atoms with Gasteiger partial charge >= 0.3 is 0 Å². The van der Waals surface area contributed by atoms with Crippen molar-refractivity contribution in [1.82, 2.24) is 14.9 Å². The molecule has 18 heavy (non-hydrogen) atoms. The summed E-state index contributed by atoms with van der Waals surface area (Å²) in [5.74, 6) is 0. The van der Waals surface area contributed by atoms with Gasteiger partial charge in [-0.1, -0.05) is 18.3 Å². The summed E-state index contributed by atoms with van der Waals surface area (Å²) < 4.78 is 26.2. The van der Waals surface area contributed by atoms with Gasteiger partial charge in [0.05, 0.1) is 0 Å². The molecule has 0 aliphatic rings. The standard InChI is InChI=1S/C9H12N4O2S3/c1-2-6-3-4-16-7(6)5-11-18(14,15)9-13-12-8(10)17-9/h3-4,11H,2,5H2,1H3,(H2,10,12). The van der Waals surface area contributed by atoms with E-state index in [0.717, 1.165) is 28.2 Å². The zero-order valence-electron chi connectivity index (χ0n) is 9.58. The maximum atomic E-state index is 11.9. The number of nitrogens with one attached hydrogen (secondary N) is 1. The van der Waals surface area contributed by atoms with Crippen molar-refractivity contribution >= 4 is 37.8 Å². The molecular formula is C9H12N4O2S3. The minimum Gasteiger partial charge on any atom is -0.374 e. The van der Waals surface area contributed by atoms with Crippen LogP contribution in [-0.4, -0.2) is 18.6 Å². The van der Waals surface area contributed by atoms with Gasteiger partial charge < -0.3 is 5.73 Å². The number of rotatable bonds is 5. The molecule has 0 spiro atoms. The van der Waals surface area contributed by atoms with Gasteiger partial charge in [0.2, 0.25) is 9.47 Å². The molecule has 0 saturated heterocycles. The first-order chi connectivity index (χ1) is 8.53. The van der Waals surface area contributed by atoms with E-state index in [-0.39, 0.29) is 16.0 Å². The van der Waals surface area contributed by atoms with E-state index in [1.165, 1.54) is 11.3 Å². The van der Waals surface area contributed by atoms with Crippen LogP contribution in [0.2, 0.25) is 0 Å². The number of sulfonamides is 1. The van der Waals surface area contributed by atoms with Crippen molar-refractivity contribution in [2.45, 2.75) is 24.2 Å². The third-order valence-electron chi connectivity index (χ3n) is 2.29. The third-order valence-corrected chi connectivity index (χ3v) is 5.78. The first-order valence-electron chi connectivity index (χ1n) is 5.17. The molecule has 0 saturated carbocycles. The summed E-state index contributed by atoms with van der Waals surface area (Å²) in [5, 5.41) is 9.11. The van der Waals surface area contributed by atoms with Crippen LogP contribution in [0.1, 0.15) is 17.4 Å². The van der Waals surface area contributed by atoms with Crippen molar-refractivity contribution in [2.75, 3.05) is 5.73 Å². The molecule has 2 rings (SSSR count). The number of aryl methyl sites for hydroxylation is 1. The second kappa shape index (κ2) is 5.31. The summed E-state index contributed by atoms with van der Waals surface area (Å²) in [4.78, 5) is 1.01. The van der Waals surface area contributed by atoms with Crippen molar-refractivity contribution in [3.05, 3.63) is 21.9 Å². The first-order valence-corrected chi connectivity index (χ1v) is 8.34. The maximum absolute atomic E-state index is 11.9. The van der Waals surface area contributed by atoms with Gasteiger partial charge in [0.1, 0.15) is 0 Å². The van der Waals surface area contributed by atoms with Crippen LogP contribution in [0.4, 0.5) is 5.13 Å². The molecule has 0 aromatic carbocycles. The van der Waals surface area contributed by atoms with Gasteiger partial charge in [0.25, 0.3) is 10.0 Å². The van der Waals surface area contributed by atoms with E-state index in [4.69, 9.17) is 5.73 Å². The molecule has 0 bridgehead atoms. The summed E-state index contributed by atoms with van der Waals surface area (Å²) in [6.45, 7) is 2.30. The Morgan fingerprint density at radius 1 is 1.44 bits per heavy atom. The number of nitrogens with zero attached hydrogens (tertiary/aromatic N) is 2. The lowest BCUT2D eigenvalue weighted by atomic mass is 10.2. The molecule has 0 aliphatic heterocycles. The predicted octanol–water partition coefficient (Wildman–Crippen LogP) is 1.22. The highest BCUT2D eigenvalue weighted by Gasteiger charge is 2.19. The van der Waals surface area contributed by atoms with E-state index in [9.17, 15) is 8.42 Å². The van der Waals surface area contributed by atoms with Gasteiger partial charge in [0, 0.05) is 11.4 Å². The first kappa shape index (κ1) is 13.4. The molecule has 0 atom stereocenters. The zero-order valence-corrected chi connectivity index (χ0v) is 12.0. The van der Waals surface area contributed by atoms with Crippen LogP contribution in [0.25, 0.3) is 0 Å². The van der Waals surface area contributed by atoms with E-state index < -0.39 is 10.0 Å². The Bertz CT molecular complexity index is 632. The molecule has 0 radical (unpaired) electrons. The SMILES string of the molecule is CCc1ccsc1CNS(=O)(=O)c1nnc(N)s1. The number of nitrogen functional groups attached to an aromatic ring is 1. The number of aromatic nitrogens is 2. The molecule has 3 N–H and O–H groups in total. The zero-order chi connectivity index (χ0) is 13.2. The number of hydrogen-bond acceptors (Lipinski definition) is 7. The van der Waals surface area contributed by atoms with Crippen LogP contribution in [0.3, 0.4) is 0 Å². The van der Waals surface area contributed by atoms with Crippen LogP contribution in [-0.2, 0) is 23.0 Å². The summed E-state index contributed by atoms with van der Waals surface area (Å²) in [6.07, 6.45) is 0.881. The quantitative estimate of drug-likeness (QED) is 0.865. The highest BCUT2D eigenvalue weighted by atomic mass is 32.2. The highest BCUT2D eigenvalue weighted by molar-refractivity contribution is 7.91. The normalized spacial score (nSPS) is 11.8. The minimum atomic E-state index is -3.62. The largest absolute Gasteiger partial charge is 0.374 e. The van der Waals surface area contributed by atoms with Crippen LogP contribution in [0, 0.1) is 0 Å². The fraction of sp³-hybridized carbons (Fsp3) is 0.333. The van der Waals surface area contributed by atoms with Gasteiger partial charge in [-0.3, -0.25) is 0 Å². The average Bonchev–Trinajstić information content (AvgIpc) is 2.94. The van der Waals surface area contributed by atoms with E-state index >= 15 is 0 Å². The summed E-state index contributed by atoms with van der Waals surface area (Å²) in [6, 6.07) is 2.00. The van der Waals surface area contributed by atoms with Gasteiger partial charge in [-0.05, 0) is 23.4 Å². The topological polar surface area (TPSA) is 98.0 Å². The van der Waals surface area contributed by atoms with Gasteiger partial charge in [-0.25, -0.2) is 13.1 Å². The third kappa shape index (κ3) is 2.86. The van der Waals surface area contributed by atoms with Crippen molar-refractivity contribution < 1.29 is 8.42 Å². The lowest BCUT2D eigenvalue weighted by Gasteiger charge is -2.03. The molecule has 6 nitrogen and oxygen atoms in total. The molecule has 0 aliphatic carbocycles. The Kier molecular flexibility index (Phi) is 3.95. The summed E-state index contributed by atoms with van der Waals surface area (Å²) in [5.41, 5.74) is 6.52. The van der Waals surface area contributed by atoms with Crippen LogP contribution in [0.15, 0.2) is 15.8 Å². The van der Waals surface area contributed by atoms with Gasteiger partial charge in [0.15, 0.2) is 0 Å². The maximum Gasteiger partial charge on any atom is 0.270 e. The van der Waals surface area contributed by atoms with E-state index in [0.29, 0.717) is 0 Å². The summed E-state index contributed by atoms with van der Waals surface area (Å²) >= 11 is 2.38. The molecule has 9 heteroatoms. The average molecular weight is 304 g/mol. The van der Waals surface area contributed by atoms with Crippen LogP contribution >= 0.6 is 22.7 Å². The monoisotopic (exact) mass is 304 g/mol. The van der Waals surface area contributed by atoms with E-state index in [1.54, 1.807) is 0 Å². The van der Waals surface area contributed by atoms with Crippen LogP contribution in [0.5, 0.6) is 0 Å². The van der Waals surface area contributed by atoms with Crippen molar-refractivity contribution in [1.29, 1.82) is 0 Å². The van der Waals surface area contributed by atoms with Crippen LogP contribution < -0.4 is 10.5 Å². The molecule has 2 heterocycles. The second-order valence-corrected chi connectivity index (χ2v) is 7.40. The van der Waals surface area contributed by atoms with Crippen molar-refractivity contribution in [3.8, 4) is 0 Å². The summed E-state index contributed by atoms with van der Waals surface area (Å²) in [7, 11) is -3.62. The lowest BCUT2D eigenvalue weighted by molar-refractivity contribution is 0.579. The molecular weight excluding hydrogens is 292 g/mol. The Hall–Kier alpha value is -1.03. The number of thiophene rings is 1. The second-order valence-electron chi connectivity index (χ2n) is 3.45. The predicted molar refractivity (Wildman–Crippen MR) is 72.0 cm³/mol. The molecule has 2 aromatic rings. The molecule has 0 unspecified atom stereocenters. The molecule has 0 fully saturated rings. The molecule has 98 valence electrons. The molecule has 2 aromatic heterocycles. The molecule has 0 amide bonds. The highest BCUT2D eigenvalue weighted by Crippen LogP contribution is 2.20. The fourth-order valence-electron chi connectivity index (χ4n) is 1.39. The minimum absolute atomic E-state index is 0.102.